The highest BCUT2D eigenvalue weighted by Crippen LogP contribution is 2.21. The topological polar surface area (TPSA) is 47.2 Å². The number of hydrogen-bond donors (Lipinski definition) is 0. The minimum atomic E-state index is -0.201. The minimum absolute atomic E-state index is 0.201. The van der Waals surface area contributed by atoms with Crippen molar-refractivity contribution in [2.75, 3.05) is 0 Å². The monoisotopic (exact) mass is 429 g/mol. The van der Waals surface area contributed by atoms with E-state index in [1.807, 2.05) is 84.9 Å². The number of aromatic nitrogens is 2. The van der Waals surface area contributed by atoms with Crippen LogP contribution < -0.4 is 5.56 Å². The Bertz CT molecular complexity index is 1230. The van der Waals surface area contributed by atoms with E-state index in [1.165, 1.54) is 4.68 Å². The van der Waals surface area contributed by atoms with Crippen molar-refractivity contribution < 1.29 is 0 Å². The Morgan fingerprint density at radius 1 is 0.893 bits per heavy atom. The average molecular weight is 430 g/mol. The van der Waals surface area contributed by atoms with E-state index in [0.29, 0.717) is 16.7 Å². The third kappa shape index (κ3) is 3.85. The molecule has 0 radical (unpaired) electrons. The van der Waals surface area contributed by atoms with Crippen molar-refractivity contribution in [3.05, 3.63) is 105 Å². The van der Waals surface area contributed by atoms with Crippen LogP contribution in [0.2, 0.25) is 0 Å². The fraction of sp³-hybridized carbons (Fsp3) is 0. The average Bonchev–Trinajstić information content (AvgIpc) is 2.74. The minimum Gasteiger partial charge on any atom is -0.267 e. The van der Waals surface area contributed by atoms with E-state index >= 15 is 0 Å². The second kappa shape index (κ2) is 8.15. The third-order valence-electron chi connectivity index (χ3n) is 4.21. The van der Waals surface area contributed by atoms with Crippen molar-refractivity contribution in [2.24, 2.45) is 5.10 Å². The molecular formula is C23H16BrN3O. The standard InChI is InChI=1S/C23H16BrN3O/c24-19-14-12-18(13-15-19)22-26-21-11-5-4-10-20(21)23(28)27(22)25-16-6-9-17-7-2-1-3-8-17/h1-16H. The molecule has 5 heteroatoms. The summed E-state index contributed by atoms with van der Waals surface area (Å²) >= 11 is 3.44. The maximum atomic E-state index is 13.0. The molecule has 0 aliphatic rings. The van der Waals surface area contributed by atoms with Crippen LogP contribution in [-0.2, 0) is 0 Å². The van der Waals surface area contributed by atoms with Gasteiger partial charge in [0.1, 0.15) is 0 Å². The van der Waals surface area contributed by atoms with Crippen LogP contribution >= 0.6 is 15.9 Å². The van der Waals surface area contributed by atoms with Gasteiger partial charge in [0.25, 0.3) is 5.56 Å². The maximum absolute atomic E-state index is 13.0. The normalized spacial score (nSPS) is 11.6. The largest absolute Gasteiger partial charge is 0.282 e. The van der Waals surface area contributed by atoms with E-state index < -0.39 is 0 Å². The van der Waals surface area contributed by atoms with Gasteiger partial charge in [-0.05, 0) is 35.9 Å². The van der Waals surface area contributed by atoms with Gasteiger partial charge in [0.15, 0.2) is 5.82 Å². The smallest absolute Gasteiger partial charge is 0.267 e. The predicted octanol–water partition coefficient (Wildman–Crippen LogP) is 5.37. The highest BCUT2D eigenvalue weighted by Gasteiger charge is 2.11. The molecule has 4 rings (SSSR count). The van der Waals surface area contributed by atoms with Crippen molar-refractivity contribution in [3.63, 3.8) is 0 Å². The summed E-state index contributed by atoms with van der Waals surface area (Å²) in [5.41, 5.74) is 2.32. The summed E-state index contributed by atoms with van der Waals surface area (Å²) in [5.74, 6) is 0.501. The molecule has 4 aromatic rings. The van der Waals surface area contributed by atoms with Crippen molar-refractivity contribution in [1.29, 1.82) is 0 Å². The maximum Gasteiger partial charge on any atom is 0.282 e. The van der Waals surface area contributed by atoms with Crippen LogP contribution in [0.15, 0.2) is 99.3 Å². The molecule has 4 nitrogen and oxygen atoms in total. The van der Waals surface area contributed by atoms with Gasteiger partial charge in [-0.1, -0.05) is 76.6 Å². The first-order valence-electron chi connectivity index (χ1n) is 8.76. The van der Waals surface area contributed by atoms with Gasteiger partial charge in [0.05, 0.1) is 10.9 Å². The SMILES string of the molecule is O=c1c2ccccc2nc(-c2ccc(Br)cc2)n1N=CC=Cc1ccccc1. The molecule has 0 aliphatic heterocycles. The van der Waals surface area contributed by atoms with E-state index in [1.54, 1.807) is 12.3 Å². The highest BCUT2D eigenvalue weighted by atomic mass is 79.9. The van der Waals surface area contributed by atoms with Gasteiger partial charge in [-0.25, -0.2) is 4.98 Å². The Morgan fingerprint density at radius 2 is 1.61 bits per heavy atom. The van der Waals surface area contributed by atoms with Crippen molar-refractivity contribution in [3.8, 4) is 11.4 Å². The Hall–Kier alpha value is -3.31. The predicted molar refractivity (Wildman–Crippen MR) is 119 cm³/mol. The lowest BCUT2D eigenvalue weighted by atomic mass is 10.2. The summed E-state index contributed by atoms with van der Waals surface area (Å²) in [6, 6.07) is 24.9. The lowest BCUT2D eigenvalue weighted by molar-refractivity contribution is 0.830. The molecule has 0 atom stereocenters. The summed E-state index contributed by atoms with van der Waals surface area (Å²) in [4.78, 5) is 17.7. The Morgan fingerprint density at radius 3 is 2.39 bits per heavy atom. The van der Waals surface area contributed by atoms with E-state index in [2.05, 4.69) is 26.0 Å². The van der Waals surface area contributed by atoms with Gasteiger partial charge in [0, 0.05) is 16.3 Å². The summed E-state index contributed by atoms with van der Waals surface area (Å²) in [5, 5.41) is 4.92. The van der Waals surface area contributed by atoms with E-state index in [0.717, 1.165) is 15.6 Å². The van der Waals surface area contributed by atoms with Crippen LogP contribution in [0.25, 0.3) is 28.4 Å². The lowest BCUT2D eigenvalue weighted by Crippen LogP contribution is -2.20. The number of nitrogens with zero attached hydrogens (tertiary/aromatic N) is 3. The zero-order valence-electron chi connectivity index (χ0n) is 14.9. The van der Waals surface area contributed by atoms with Crippen LogP contribution in [0.5, 0.6) is 0 Å². The number of fused-ring (bicyclic) bond motifs is 1. The molecule has 0 unspecified atom stereocenters. The molecule has 0 spiro atoms. The summed E-state index contributed by atoms with van der Waals surface area (Å²) in [7, 11) is 0. The number of rotatable bonds is 4. The zero-order chi connectivity index (χ0) is 19.3. The van der Waals surface area contributed by atoms with Crippen molar-refractivity contribution in [1.82, 2.24) is 9.66 Å². The molecule has 0 saturated heterocycles. The third-order valence-corrected chi connectivity index (χ3v) is 4.74. The van der Waals surface area contributed by atoms with Gasteiger partial charge < -0.3 is 0 Å². The van der Waals surface area contributed by atoms with Crippen LogP contribution in [-0.4, -0.2) is 15.9 Å². The molecule has 0 fully saturated rings. The van der Waals surface area contributed by atoms with E-state index in [4.69, 9.17) is 0 Å². The van der Waals surface area contributed by atoms with E-state index in [9.17, 15) is 4.79 Å². The number of para-hydroxylation sites is 1. The van der Waals surface area contributed by atoms with Crippen LogP contribution in [0.4, 0.5) is 0 Å². The van der Waals surface area contributed by atoms with Gasteiger partial charge in [0.2, 0.25) is 0 Å². The Labute approximate surface area is 170 Å². The molecule has 0 bridgehead atoms. The summed E-state index contributed by atoms with van der Waals surface area (Å²) in [6.07, 6.45) is 5.35. The molecule has 28 heavy (non-hydrogen) atoms. The second-order valence-electron chi connectivity index (χ2n) is 6.11. The first-order chi connectivity index (χ1) is 13.7. The number of allylic oxidation sites excluding steroid dienone is 1. The van der Waals surface area contributed by atoms with Crippen LogP contribution in [0, 0.1) is 0 Å². The fourth-order valence-electron chi connectivity index (χ4n) is 2.84. The first-order valence-corrected chi connectivity index (χ1v) is 9.55. The summed E-state index contributed by atoms with van der Waals surface area (Å²) in [6.45, 7) is 0. The second-order valence-corrected chi connectivity index (χ2v) is 7.03. The van der Waals surface area contributed by atoms with Crippen LogP contribution in [0.1, 0.15) is 5.56 Å². The van der Waals surface area contributed by atoms with Crippen LogP contribution in [0.3, 0.4) is 0 Å². The fourth-order valence-corrected chi connectivity index (χ4v) is 3.10. The van der Waals surface area contributed by atoms with Gasteiger partial charge in [-0.2, -0.15) is 9.78 Å². The molecule has 0 saturated carbocycles. The molecule has 1 heterocycles. The van der Waals surface area contributed by atoms with Gasteiger partial charge in [-0.3, -0.25) is 4.79 Å². The quantitative estimate of drug-likeness (QED) is 0.409. The number of hydrogen-bond acceptors (Lipinski definition) is 3. The Kier molecular flexibility index (Phi) is 5.26. The number of benzene rings is 3. The van der Waals surface area contributed by atoms with Gasteiger partial charge in [-0.15, -0.1) is 0 Å². The number of halogens is 1. The molecule has 1 aromatic heterocycles. The Balaban J connectivity index is 1.81. The van der Waals surface area contributed by atoms with Crippen molar-refractivity contribution >= 4 is 39.1 Å². The van der Waals surface area contributed by atoms with Gasteiger partial charge >= 0.3 is 0 Å². The molecule has 3 aromatic carbocycles. The molecular weight excluding hydrogens is 414 g/mol. The zero-order valence-corrected chi connectivity index (χ0v) is 16.5. The van der Waals surface area contributed by atoms with Crippen molar-refractivity contribution in [2.45, 2.75) is 0 Å². The molecule has 0 N–H and O–H groups in total. The highest BCUT2D eigenvalue weighted by molar-refractivity contribution is 9.10. The molecule has 0 aliphatic carbocycles. The molecule has 136 valence electrons. The summed E-state index contributed by atoms with van der Waals surface area (Å²) < 4.78 is 2.31. The molecule has 0 amide bonds. The first kappa shape index (κ1) is 18.1. The van der Waals surface area contributed by atoms with E-state index in [-0.39, 0.29) is 5.56 Å². The lowest BCUT2D eigenvalue weighted by Gasteiger charge is -2.09.